The van der Waals surface area contributed by atoms with Gasteiger partial charge in [-0.15, -0.1) is 0 Å². The van der Waals surface area contributed by atoms with Gasteiger partial charge in [0.05, 0.1) is 6.54 Å². The van der Waals surface area contributed by atoms with Gasteiger partial charge in [0.1, 0.15) is 23.8 Å². The first-order chi connectivity index (χ1) is 22.7. The Hall–Kier alpha value is -5.54. The molecule has 16 heteroatoms. The zero-order valence-electron chi connectivity index (χ0n) is 27.4. The normalized spacial score (nSPS) is 19.9. The van der Waals surface area contributed by atoms with E-state index in [1.54, 1.807) is 12.1 Å². The van der Waals surface area contributed by atoms with Crippen LogP contribution in [0.15, 0.2) is 56.6 Å². The van der Waals surface area contributed by atoms with Crippen LogP contribution in [0.1, 0.15) is 59.5 Å². The number of nitrogens with zero attached hydrogens (tertiary/aromatic N) is 4. The first-order valence-electron chi connectivity index (χ1n) is 15.5. The van der Waals surface area contributed by atoms with Crippen LogP contribution in [0, 0.1) is 5.92 Å². The van der Waals surface area contributed by atoms with Gasteiger partial charge in [-0.05, 0) is 24.8 Å². The lowest BCUT2D eigenvalue weighted by molar-refractivity contribution is -0.132. The number of carbonyl (C=O) groups excluding carboxylic acids is 5. The fourth-order valence-corrected chi connectivity index (χ4v) is 5.14. The third-order valence-corrected chi connectivity index (χ3v) is 7.85. The summed E-state index contributed by atoms with van der Waals surface area (Å²) in [5.74, 6) is -3.15. The molecule has 256 valence electrons. The fourth-order valence-electron chi connectivity index (χ4n) is 5.14. The number of fused-ring (bicyclic) bond motifs is 2. The van der Waals surface area contributed by atoms with E-state index in [0.29, 0.717) is 0 Å². The predicted molar refractivity (Wildman–Crippen MR) is 172 cm³/mol. The summed E-state index contributed by atoms with van der Waals surface area (Å²) in [7, 11) is 2.63. The van der Waals surface area contributed by atoms with E-state index in [0.717, 1.165) is 20.8 Å². The van der Waals surface area contributed by atoms with Crippen molar-refractivity contribution < 1.29 is 28.5 Å². The van der Waals surface area contributed by atoms with E-state index in [2.05, 4.69) is 26.4 Å². The first kappa shape index (κ1) is 35.3. The van der Waals surface area contributed by atoms with Crippen LogP contribution in [0.4, 0.5) is 0 Å². The molecule has 4 rings (SSSR count). The highest BCUT2D eigenvalue weighted by atomic mass is 16.5. The van der Waals surface area contributed by atoms with Gasteiger partial charge in [-0.3, -0.25) is 37.9 Å². The molecule has 0 aliphatic carbocycles. The molecule has 3 heterocycles. The Morgan fingerprint density at radius 3 is 2.29 bits per heavy atom. The zero-order chi connectivity index (χ0) is 35.1. The van der Waals surface area contributed by atoms with Crippen molar-refractivity contribution in [3.05, 3.63) is 86.0 Å². The van der Waals surface area contributed by atoms with Gasteiger partial charge in [0, 0.05) is 45.7 Å². The quantitative estimate of drug-likeness (QED) is 0.270. The number of aromatic nitrogens is 3. The second-order valence-corrected chi connectivity index (χ2v) is 12.1. The molecule has 3 aromatic rings. The van der Waals surface area contributed by atoms with E-state index in [1.807, 2.05) is 32.0 Å². The number of amides is 5. The Bertz CT molecular complexity index is 1790. The van der Waals surface area contributed by atoms with Gasteiger partial charge in [-0.25, -0.2) is 4.79 Å². The van der Waals surface area contributed by atoms with E-state index in [1.165, 1.54) is 32.0 Å². The molecular formula is C32H40N8O8. The summed E-state index contributed by atoms with van der Waals surface area (Å²) < 4.78 is 7.20. The molecule has 1 aliphatic heterocycles. The van der Waals surface area contributed by atoms with E-state index in [-0.39, 0.29) is 55.5 Å². The summed E-state index contributed by atoms with van der Waals surface area (Å²) in [6.45, 7) is 4.73. The Labute approximate surface area is 275 Å². The van der Waals surface area contributed by atoms with Crippen LogP contribution in [0.2, 0.25) is 0 Å². The predicted octanol–water partition coefficient (Wildman–Crippen LogP) is -0.779. The summed E-state index contributed by atoms with van der Waals surface area (Å²) in [6, 6.07) is 8.21. The van der Waals surface area contributed by atoms with Crippen molar-refractivity contribution in [2.75, 3.05) is 13.1 Å². The Kier molecular flexibility index (Phi) is 11.3. The van der Waals surface area contributed by atoms with Crippen LogP contribution < -0.4 is 32.5 Å². The van der Waals surface area contributed by atoms with Gasteiger partial charge in [-0.2, -0.15) is 0 Å². The molecule has 0 saturated heterocycles. The van der Waals surface area contributed by atoms with Gasteiger partial charge in [0.25, 0.3) is 17.4 Å². The SMILES string of the molecule is CC(C)C[C@H]1NC(=O)[C@@H](C)NC(=O)c2cc(on2)CN(C(=O)c2cc(=O)n(C)c(=O)n2C)CCNC(=O)[C@@H](Cc2ccccc2)NC1=O. The highest BCUT2D eigenvalue weighted by Crippen LogP contribution is 2.12. The van der Waals surface area contributed by atoms with Crippen molar-refractivity contribution in [3.8, 4) is 0 Å². The summed E-state index contributed by atoms with van der Waals surface area (Å²) >= 11 is 0. The van der Waals surface area contributed by atoms with E-state index < -0.39 is 58.9 Å². The molecule has 1 aromatic carbocycles. The smallest absolute Gasteiger partial charge is 0.331 e. The van der Waals surface area contributed by atoms with Crippen LogP contribution in [0.5, 0.6) is 0 Å². The van der Waals surface area contributed by atoms with Crippen molar-refractivity contribution in [1.82, 2.24) is 40.5 Å². The molecule has 3 atom stereocenters. The Morgan fingerprint density at radius 1 is 0.917 bits per heavy atom. The molecule has 4 N–H and O–H groups in total. The molecule has 16 nitrogen and oxygen atoms in total. The lowest BCUT2D eigenvalue weighted by Gasteiger charge is -2.26. The first-order valence-corrected chi connectivity index (χ1v) is 15.5. The topological polar surface area (TPSA) is 207 Å². The monoisotopic (exact) mass is 664 g/mol. The molecule has 2 bridgehead atoms. The fraction of sp³-hybridized carbons (Fsp3) is 0.438. The molecule has 0 saturated carbocycles. The molecular weight excluding hydrogens is 624 g/mol. The second-order valence-electron chi connectivity index (χ2n) is 12.1. The van der Waals surface area contributed by atoms with Crippen LogP contribution >= 0.6 is 0 Å². The molecule has 48 heavy (non-hydrogen) atoms. The molecule has 0 radical (unpaired) electrons. The maximum atomic E-state index is 13.7. The number of rotatable bonds is 5. The van der Waals surface area contributed by atoms with Crippen LogP contribution in [0.25, 0.3) is 0 Å². The number of hydrogen-bond donors (Lipinski definition) is 4. The van der Waals surface area contributed by atoms with Crippen LogP contribution in [-0.4, -0.2) is 79.9 Å². The lowest BCUT2D eigenvalue weighted by Crippen LogP contribution is -2.57. The summed E-state index contributed by atoms with van der Waals surface area (Å²) in [4.78, 5) is 93.2. The number of carbonyl (C=O) groups is 5. The Balaban J connectivity index is 1.70. The van der Waals surface area contributed by atoms with Gasteiger partial charge in [-0.1, -0.05) is 49.3 Å². The molecule has 5 amide bonds. The molecule has 2 aromatic heterocycles. The molecule has 0 unspecified atom stereocenters. The maximum absolute atomic E-state index is 13.7. The van der Waals surface area contributed by atoms with Gasteiger partial charge in [0.15, 0.2) is 11.5 Å². The largest absolute Gasteiger partial charge is 0.359 e. The highest BCUT2D eigenvalue weighted by Gasteiger charge is 2.30. The molecule has 0 fully saturated rings. The lowest BCUT2D eigenvalue weighted by atomic mass is 10.0. The number of nitrogens with one attached hydrogen (secondary N) is 4. The number of hydrogen-bond acceptors (Lipinski definition) is 9. The molecule has 0 spiro atoms. The van der Waals surface area contributed by atoms with E-state index in [9.17, 15) is 33.6 Å². The third-order valence-electron chi connectivity index (χ3n) is 7.85. The summed E-state index contributed by atoms with van der Waals surface area (Å²) in [6.07, 6.45) is 0.388. The summed E-state index contributed by atoms with van der Waals surface area (Å²) in [5, 5.41) is 14.5. The minimum absolute atomic E-state index is 0.00779. The van der Waals surface area contributed by atoms with Crippen molar-refractivity contribution >= 4 is 29.5 Å². The van der Waals surface area contributed by atoms with E-state index >= 15 is 0 Å². The van der Waals surface area contributed by atoms with Gasteiger partial charge in [0.2, 0.25) is 17.7 Å². The minimum Gasteiger partial charge on any atom is -0.359 e. The van der Waals surface area contributed by atoms with Crippen molar-refractivity contribution in [2.45, 2.75) is 58.3 Å². The van der Waals surface area contributed by atoms with E-state index in [4.69, 9.17) is 4.52 Å². The van der Waals surface area contributed by atoms with Crippen LogP contribution in [0.3, 0.4) is 0 Å². The Morgan fingerprint density at radius 2 is 1.60 bits per heavy atom. The van der Waals surface area contributed by atoms with Gasteiger partial charge >= 0.3 is 5.69 Å². The van der Waals surface area contributed by atoms with Crippen molar-refractivity contribution in [1.29, 1.82) is 0 Å². The second kappa shape index (κ2) is 15.4. The van der Waals surface area contributed by atoms with Crippen molar-refractivity contribution in [3.63, 3.8) is 0 Å². The maximum Gasteiger partial charge on any atom is 0.331 e. The number of benzene rings is 1. The third kappa shape index (κ3) is 8.63. The minimum atomic E-state index is -1.08. The zero-order valence-corrected chi connectivity index (χ0v) is 27.4. The molecule has 1 aliphatic rings. The average molecular weight is 665 g/mol. The standard InChI is InChI=1S/C32H40N8O8/c1-18(2)13-22-29(44)36-23(14-20-9-7-6-8-10-20)28(43)33-11-12-40(31(46)25-16-26(41)39(5)32(47)38(25)4)17-21-15-24(37-48-21)30(45)34-19(3)27(42)35-22/h6-10,15-16,18-19,22-23H,11-14,17H2,1-5H3,(H,33,43)(H,34,45)(H,35,42)(H,36,44)/t19-,22-,23-/m1/s1. The van der Waals surface area contributed by atoms with Crippen LogP contribution in [-0.2, 0) is 41.4 Å². The average Bonchev–Trinajstić information content (AvgIpc) is 3.52. The summed E-state index contributed by atoms with van der Waals surface area (Å²) in [5.41, 5.74) is -1.02. The van der Waals surface area contributed by atoms with Gasteiger partial charge < -0.3 is 30.7 Å². The highest BCUT2D eigenvalue weighted by molar-refractivity contribution is 5.97. The van der Waals surface area contributed by atoms with Crippen molar-refractivity contribution in [2.24, 2.45) is 20.0 Å².